The third kappa shape index (κ3) is 3.40. The number of carbonyl (C=O) groups excluding carboxylic acids is 1. The van der Waals surface area contributed by atoms with Gasteiger partial charge in [0, 0.05) is 11.1 Å². The SMILES string of the molecule is Cc1cnc(NC(=O)C2(N)CCCCC2)s1.Cl. The Morgan fingerprint density at radius 1 is 1.47 bits per heavy atom. The molecular weight excluding hydrogens is 258 g/mol. The van der Waals surface area contributed by atoms with Crippen molar-refractivity contribution in [2.75, 3.05) is 5.32 Å². The van der Waals surface area contributed by atoms with E-state index in [0.717, 1.165) is 30.6 Å². The number of anilines is 1. The van der Waals surface area contributed by atoms with Crippen molar-refractivity contribution in [1.29, 1.82) is 0 Å². The second-order valence-corrected chi connectivity index (χ2v) is 5.68. The van der Waals surface area contributed by atoms with Crippen molar-refractivity contribution >= 4 is 34.8 Å². The molecule has 0 spiro atoms. The van der Waals surface area contributed by atoms with E-state index in [4.69, 9.17) is 5.73 Å². The van der Waals surface area contributed by atoms with Gasteiger partial charge in [0.15, 0.2) is 5.13 Å². The highest BCUT2D eigenvalue weighted by atomic mass is 35.5. The number of nitrogens with two attached hydrogens (primary N) is 1. The van der Waals surface area contributed by atoms with Crippen LogP contribution in [-0.2, 0) is 4.79 Å². The molecule has 17 heavy (non-hydrogen) atoms. The molecule has 0 unspecified atom stereocenters. The van der Waals surface area contributed by atoms with Gasteiger partial charge >= 0.3 is 0 Å². The molecule has 1 heterocycles. The maximum Gasteiger partial charge on any atom is 0.246 e. The third-order valence-electron chi connectivity index (χ3n) is 3.04. The van der Waals surface area contributed by atoms with Crippen LogP contribution in [0.25, 0.3) is 0 Å². The minimum Gasteiger partial charge on any atom is -0.317 e. The van der Waals surface area contributed by atoms with Gasteiger partial charge in [0.2, 0.25) is 5.91 Å². The van der Waals surface area contributed by atoms with E-state index < -0.39 is 5.54 Å². The first-order valence-corrected chi connectivity index (χ1v) is 6.45. The first kappa shape index (κ1) is 14.4. The number of nitrogens with zero attached hydrogens (tertiary/aromatic N) is 1. The normalized spacial score (nSPS) is 18.2. The molecule has 3 N–H and O–H groups in total. The molecule has 0 atom stereocenters. The summed E-state index contributed by atoms with van der Waals surface area (Å²) >= 11 is 1.48. The summed E-state index contributed by atoms with van der Waals surface area (Å²) in [4.78, 5) is 17.2. The molecule has 1 aliphatic carbocycles. The molecule has 2 rings (SSSR count). The highest BCUT2D eigenvalue weighted by Gasteiger charge is 2.35. The number of hydrogen-bond donors (Lipinski definition) is 2. The second kappa shape index (κ2) is 5.80. The standard InChI is InChI=1S/C11H17N3OS.ClH/c1-8-7-13-10(16-8)14-9(15)11(12)5-3-2-4-6-11;/h7H,2-6,12H2,1H3,(H,13,14,15);1H. The fourth-order valence-corrected chi connectivity index (χ4v) is 2.70. The van der Waals surface area contributed by atoms with E-state index in [-0.39, 0.29) is 18.3 Å². The van der Waals surface area contributed by atoms with E-state index in [1.165, 1.54) is 17.8 Å². The number of hydrogen-bond acceptors (Lipinski definition) is 4. The van der Waals surface area contributed by atoms with E-state index in [0.29, 0.717) is 5.13 Å². The lowest BCUT2D eigenvalue weighted by Crippen LogP contribution is -2.52. The van der Waals surface area contributed by atoms with Crippen molar-refractivity contribution < 1.29 is 4.79 Å². The smallest absolute Gasteiger partial charge is 0.246 e. The number of nitrogens with one attached hydrogen (secondary N) is 1. The number of thiazole rings is 1. The van der Waals surface area contributed by atoms with Crippen LogP contribution in [0, 0.1) is 6.92 Å². The molecule has 0 bridgehead atoms. The number of rotatable bonds is 2. The predicted molar refractivity (Wildman–Crippen MR) is 72.7 cm³/mol. The quantitative estimate of drug-likeness (QED) is 0.871. The van der Waals surface area contributed by atoms with Gasteiger partial charge in [-0.3, -0.25) is 4.79 Å². The van der Waals surface area contributed by atoms with Crippen LogP contribution in [0.1, 0.15) is 37.0 Å². The van der Waals surface area contributed by atoms with Gasteiger partial charge in [-0.2, -0.15) is 0 Å². The Morgan fingerprint density at radius 2 is 2.12 bits per heavy atom. The molecule has 0 radical (unpaired) electrons. The van der Waals surface area contributed by atoms with Gasteiger partial charge in [0.25, 0.3) is 0 Å². The van der Waals surface area contributed by atoms with Crippen molar-refractivity contribution in [3.05, 3.63) is 11.1 Å². The molecule has 1 saturated carbocycles. The van der Waals surface area contributed by atoms with Crippen molar-refractivity contribution in [2.24, 2.45) is 5.73 Å². The topological polar surface area (TPSA) is 68.0 Å². The highest BCUT2D eigenvalue weighted by Crippen LogP contribution is 2.27. The zero-order chi connectivity index (χ0) is 11.6. The lowest BCUT2D eigenvalue weighted by molar-refractivity contribution is -0.122. The van der Waals surface area contributed by atoms with Gasteiger partial charge < -0.3 is 11.1 Å². The summed E-state index contributed by atoms with van der Waals surface area (Å²) in [6, 6.07) is 0. The molecule has 1 aromatic rings. The van der Waals surface area contributed by atoms with Crippen LogP contribution in [0.3, 0.4) is 0 Å². The van der Waals surface area contributed by atoms with Gasteiger partial charge in [0.05, 0.1) is 5.54 Å². The molecular formula is C11H18ClN3OS. The summed E-state index contributed by atoms with van der Waals surface area (Å²) in [5.74, 6) is -0.0819. The fourth-order valence-electron chi connectivity index (χ4n) is 2.04. The minimum atomic E-state index is -0.683. The van der Waals surface area contributed by atoms with Crippen LogP contribution < -0.4 is 11.1 Å². The molecule has 0 saturated heterocycles. The van der Waals surface area contributed by atoms with Crippen LogP contribution in [0.15, 0.2) is 6.20 Å². The Hall–Kier alpha value is -0.650. The molecule has 1 fully saturated rings. The van der Waals surface area contributed by atoms with Crippen LogP contribution in [0.2, 0.25) is 0 Å². The van der Waals surface area contributed by atoms with Crippen molar-refractivity contribution in [2.45, 2.75) is 44.6 Å². The van der Waals surface area contributed by atoms with Crippen LogP contribution in [0.4, 0.5) is 5.13 Å². The molecule has 0 aliphatic heterocycles. The fraction of sp³-hybridized carbons (Fsp3) is 0.636. The molecule has 6 heteroatoms. The summed E-state index contributed by atoms with van der Waals surface area (Å²) in [6.07, 6.45) is 6.58. The molecule has 4 nitrogen and oxygen atoms in total. The summed E-state index contributed by atoms with van der Waals surface area (Å²) in [6.45, 7) is 1.96. The zero-order valence-electron chi connectivity index (χ0n) is 9.86. The number of amides is 1. The van der Waals surface area contributed by atoms with Gasteiger partial charge in [-0.1, -0.05) is 19.3 Å². The zero-order valence-corrected chi connectivity index (χ0v) is 11.5. The Balaban J connectivity index is 0.00000144. The summed E-state index contributed by atoms with van der Waals surface area (Å²) in [5.41, 5.74) is 5.44. The predicted octanol–water partition coefficient (Wildman–Crippen LogP) is 2.47. The van der Waals surface area contributed by atoms with E-state index in [1.54, 1.807) is 6.20 Å². The molecule has 0 aromatic carbocycles. The number of carbonyl (C=O) groups is 1. The number of aromatic nitrogens is 1. The third-order valence-corrected chi connectivity index (χ3v) is 3.87. The summed E-state index contributed by atoms with van der Waals surface area (Å²) in [5, 5.41) is 3.47. The van der Waals surface area contributed by atoms with Gasteiger partial charge in [-0.05, 0) is 19.8 Å². The Kier molecular flexibility index (Phi) is 4.91. The monoisotopic (exact) mass is 275 g/mol. The molecule has 1 aliphatic rings. The minimum absolute atomic E-state index is 0. The van der Waals surface area contributed by atoms with Crippen molar-refractivity contribution in [1.82, 2.24) is 4.98 Å². The average Bonchev–Trinajstić information content (AvgIpc) is 2.65. The van der Waals surface area contributed by atoms with Crippen molar-refractivity contribution in [3.63, 3.8) is 0 Å². The van der Waals surface area contributed by atoms with Gasteiger partial charge in [-0.25, -0.2) is 4.98 Å². The van der Waals surface area contributed by atoms with Crippen molar-refractivity contribution in [3.8, 4) is 0 Å². The van der Waals surface area contributed by atoms with E-state index in [2.05, 4.69) is 10.3 Å². The van der Waals surface area contributed by atoms with E-state index in [1.807, 2.05) is 6.92 Å². The first-order chi connectivity index (χ1) is 7.60. The Labute approximate surface area is 111 Å². The second-order valence-electron chi connectivity index (χ2n) is 4.45. The van der Waals surface area contributed by atoms with E-state index >= 15 is 0 Å². The summed E-state index contributed by atoms with van der Waals surface area (Å²) in [7, 11) is 0. The maximum absolute atomic E-state index is 12.0. The molecule has 96 valence electrons. The lowest BCUT2D eigenvalue weighted by Gasteiger charge is -2.31. The largest absolute Gasteiger partial charge is 0.317 e. The van der Waals surface area contributed by atoms with Gasteiger partial charge in [0.1, 0.15) is 0 Å². The van der Waals surface area contributed by atoms with Crippen LogP contribution in [-0.4, -0.2) is 16.4 Å². The summed E-state index contributed by atoms with van der Waals surface area (Å²) < 4.78 is 0. The maximum atomic E-state index is 12.0. The van der Waals surface area contributed by atoms with Gasteiger partial charge in [-0.15, -0.1) is 23.7 Å². The van der Waals surface area contributed by atoms with Crippen LogP contribution >= 0.6 is 23.7 Å². The number of halogens is 1. The lowest BCUT2D eigenvalue weighted by atomic mass is 9.82. The number of aryl methyl sites for hydroxylation is 1. The van der Waals surface area contributed by atoms with Crippen LogP contribution in [0.5, 0.6) is 0 Å². The van der Waals surface area contributed by atoms with E-state index in [9.17, 15) is 4.79 Å². The molecule has 1 amide bonds. The molecule has 1 aromatic heterocycles. The highest BCUT2D eigenvalue weighted by molar-refractivity contribution is 7.15. The Morgan fingerprint density at radius 3 is 2.65 bits per heavy atom. The average molecular weight is 276 g/mol. The first-order valence-electron chi connectivity index (χ1n) is 5.63. The Bertz CT molecular complexity index is 388.